The van der Waals surface area contributed by atoms with Crippen LogP contribution in [0.4, 0.5) is 5.69 Å². The van der Waals surface area contributed by atoms with E-state index in [1.165, 1.54) is 0 Å². The summed E-state index contributed by atoms with van der Waals surface area (Å²) >= 11 is 0. The summed E-state index contributed by atoms with van der Waals surface area (Å²) in [6, 6.07) is 16.1. The largest absolute Gasteiger partial charge is 0.324 e. The Morgan fingerprint density at radius 1 is 1.15 bits per heavy atom. The van der Waals surface area contributed by atoms with Gasteiger partial charge in [-0.2, -0.15) is 5.10 Å². The van der Waals surface area contributed by atoms with Crippen molar-refractivity contribution in [2.75, 3.05) is 18.9 Å². The summed E-state index contributed by atoms with van der Waals surface area (Å²) in [4.78, 5) is 14.5. The number of para-hydroxylation sites is 2. The number of aromatic nitrogens is 2. The van der Waals surface area contributed by atoms with E-state index in [2.05, 4.69) is 23.4 Å². The number of benzene rings is 2. The molecular weight excluding hydrogens is 336 g/mol. The van der Waals surface area contributed by atoms with Crippen molar-refractivity contribution in [3.05, 3.63) is 77.6 Å². The van der Waals surface area contributed by atoms with Crippen LogP contribution < -0.4 is 5.32 Å². The molecule has 0 unspecified atom stereocenters. The van der Waals surface area contributed by atoms with Crippen molar-refractivity contribution in [3.63, 3.8) is 0 Å². The first kappa shape index (κ1) is 18.9. The van der Waals surface area contributed by atoms with Crippen molar-refractivity contribution in [1.29, 1.82) is 0 Å². The molecule has 0 bridgehead atoms. The van der Waals surface area contributed by atoms with Crippen LogP contribution in [0.1, 0.15) is 23.6 Å². The molecule has 1 heterocycles. The maximum atomic E-state index is 12.5. The number of hydrogen-bond donors (Lipinski definition) is 1. The highest BCUT2D eigenvalue weighted by molar-refractivity contribution is 5.93. The highest BCUT2D eigenvalue weighted by Gasteiger charge is 2.12. The van der Waals surface area contributed by atoms with Crippen LogP contribution in [-0.2, 0) is 17.8 Å². The van der Waals surface area contributed by atoms with Crippen LogP contribution >= 0.6 is 0 Å². The zero-order valence-corrected chi connectivity index (χ0v) is 16.1. The summed E-state index contributed by atoms with van der Waals surface area (Å²) < 4.78 is 1.85. The van der Waals surface area contributed by atoms with Crippen LogP contribution in [0.5, 0.6) is 0 Å². The Bertz CT molecular complexity index is 902. The van der Waals surface area contributed by atoms with E-state index in [1.54, 1.807) is 0 Å². The number of nitrogens with zero attached hydrogens (tertiary/aromatic N) is 3. The van der Waals surface area contributed by atoms with E-state index in [4.69, 9.17) is 0 Å². The number of anilines is 1. The monoisotopic (exact) mass is 362 g/mol. The zero-order chi connectivity index (χ0) is 19.2. The number of carbonyl (C=O) groups is 1. The molecule has 0 fully saturated rings. The number of likely N-dealkylation sites (N-methyl/N-ethyl adjacent to an activating group) is 1. The molecular formula is C22H26N4O. The molecule has 2 aromatic carbocycles. The predicted octanol–water partition coefficient (Wildman–Crippen LogP) is 3.81. The molecule has 0 aliphatic heterocycles. The van der Waals surface area contributed by atoms with E-state index >= 15 is 0 Å². The number of aryl methyl sites for hydroxylation is 2. The van der Waals surface area contributed by atoms with Crippen LogP contribution in [0, 0.1) is 6.92 Å². The molecule has 5 heteroatoms. The van der Waals surface area contributed by atoms with Gasteiger partial charge in [-0.15, -0.1) is 0 Å². The van der Waals surface area contributed by atoms with Gasteiger partial charge in [0.05, 0.1) is 18.4 Å². The Morgan fingerprint density at radius 2 is 1.93 bits per heavy atom. The molecule has 0 radical (unpaired) electrons. The molecule has 1 amide bonds. The van der Waals surface area contributed by atoms with Gasteiger partial charge in [0.2, 0.25) is 5.91 Å². The molecule has 0 atom stereocenters. The molecule has 0 saturated heterocycles. The highest BCUT2D eigenvalue weighted by atomic mass is 16.2. The molecule has 0 saturated carbocycles. The fourth-order valence-corrected chi connectivity index (χ4v) is 3.16. The van der Waals surface area contributed by atoms with Crippen LogP contribution in [0.15, 0.2) is 60.9 Å². The minimum absolute atomic E-state index is 0.00282. The Morgan fingerprint density at radius 3 is 2.67 bits per heavy atom. The quantitative estimate of drug-likeness (QED) is 0.695. The Kier molecular flexibility index (Phi) is 6.04. The number of rotatable bonds is 7. The summed E-state index contributed by atoms with van der Waals surface area (Å²) in [5, 5.41) is 7.49. The van der Waals surface area contributed by atoms with E-state index < -0.39 is 0 Å². The maximum Gasteiger partial charge on any atom is 0.238 e. The standard InChI is InChI=1S/C22H26N4O/c1-4-19-10-8-9-17(2)22(19)24-21(27)16-25(3)14-18-13-23-26(15-18)20-11-6-5-7-12-20/h5-13,15H,4,14,16H2,1-3H3,(H,24,27). The average molecular weight is 362 g/mol. The fourth-order valence-electron chi connectivity index (χ4n) is 3.16. The van der Waals surface area contributed by atoms with Crippen molar-refractivity contribution in [2.45, 2.75) is 26.8 Å². The minimum Gasteiger partial charge on any atom is -0.324 e. The van der Waals surface area contributed by atoms with E-state index in [0.717, 1.165) is 34.5 Å². The molecule has 0 aliphatic rings. The number of nitrogens with one attached hydrogen (secondary N) is 1. The molecule has 27 heavy (non-hydrogen) atoms. The summed E-state index contributed by atoms with van der Waals surface area (Å²) in [6.45, 7) is 5.11. The van der Waals surface area contributed by atoms with Crippen molar-refractivity contribution >= 4 is 11.6 Å². The van der Waals surface area contributed by atoms with Gasteiger partial charge in [-0.1, -0.05) is 43.3 Å². The van der Waals surface area contributed by atoms with Crippen molar-refractivity contribution < 1.29 is 4.79 Å². The van der Waals surface area contributed by atoms with Crippen molar-refractivity contribution in [1.82, 2.24) is 14.7 Å². The lowest BCUT2D eigenvalue weighted by molar-refractivity contribution is -0.117. The second-order valence-electron chi connectivity index (χ2n) is 6.81. The first-order chi connectivity index (χ1) is 13.1. The van der Waals surface area contributed by atoms with E-state index in [9.17, 15) is 4.79 Å². The van der Waals surface area contributed by atoms with Gasteiger partial charge in [-0.25, -0.2) is 4.68 Å². The van der Waals surface area contributed by atoms with E-state index in [1.807, 2.05) is 78.4 Å². The van der Waals surface area contributed by atoms with E-state index in [-0.39, 0.29) is 5.91 Å². The lowest BCUT2D eigenvalue weighted by Gasteiger charge is -2.17. The molecule has 3 rings (SSSR count). The van der Waals surface area contributed by atoms with Crippen LogP contribution in [0.25, 0.3) is 5.69 Å². The molecule has 0 aliphatic carbocycles. The average Bonchev–Trinajstić information content (AvgIpc) is 3.12. The van der Waals surface area contributed by atoms with E-state index in [0.29, 0.717) is 13.1 Å². The molecule has 0 spiro atoms. The second kappa shape index (κ2) is 8.64. The Labute approximate surface area is 160 Å². The summed E-state index contributed by atoms with van der Waals surface area (Å²) in [5.74, 6) is -0.00282. The van der Waals surface area contributed by atoms with Crippen LogP contribution in [0.2, 0.25) is 0 Å². The SMILES string of the molecule is CCc1cccc(C)c1NC(=O)CN(C)Cc1cnn(-c2ccccc2)c1. The van der Waals surface area contributed by atoms with Gasteiger partial charge in [-0.05, 0) is 43.7 Å². The molecule has 1 aromatic heterocycles. The minimum atomic E-state index is -0.00282. The van der Waals surface area contributed by atoms with Crippen LogP contribution in [-0.4, -0.2) is 34.2 Å². The molecule has 1 N–H and O–H groups in total. The first-order valence-corrected chi connectivity index (χ1v) is 9.22. The van der Waals surface area contributed by atoms with Crippen LogP contribution in [0.3, 0.4) is 0 Å². The van der Waals surface area contributed by atoms with Gasteiger partial charge in [-0.3, -0.25) is 9.69 Å². The normalized spacial score (nSPS) is 11.0. The third kappa shape index (κ3) is 4.83. The molecule has 5 nitrogen and oxygen atoms in total. The third-order valence-corrected chi connectivity index (χ3v) is 4.53. The number of hydrogen-bond acceptors (Lipinski definition) is 3. The van der Waals surface area contributed by atoms with Gasteiger partial charge in [0.15, 0.2) is 0 Å². The third-order valence-electron chi connectivity index (χ3n) is 4.53. The molecule has 3 aromatic rings. The summed E-state index contributed by atoms with van der Waals surface area (Å²) in [5.41, 5.74) is 5.29. The lowest BCUT2D eigenvalue weighted by atomic mass is 10.1. The van der Waals surface area contributed by atoms with Crippen molar-refractivity contribution in [2.24, 2.45) is 0 Å². The second-order valence-corrected chi connectivity index (χ2v) is 6.81. The molecule has 140 valence electrons. The predicted molar refractivity (Wildman–Crippen MR) is 109 cm³/mol. The number of carbonyl (C=O) groups excluding carboxylic acids is 1. The number of amides is 1. The Hall–Kier alpha value is -2.92. The maximum absolute atomic E-state index is 12.5. The van der Waals surface area contributed by atoms with Gasteiger partial charge in [0.1, 0.15) is 0 Å². The highest BCUT2D eigenvalue weighted by Crippen LogP contribution is 2.21. The van der Waals surface area contributed by atoms with Gasteiger partial charge in [0, 0.05) is 24.0 Å². The van der Waals surface area contributed by atoms with Gasteiger partial charge >= 0.3 is 0 Å². The summed E-state index contributed by atoms with van der Waals surface area (Å²) in [7, 11) is 1.94. The van der Waals surface area contributed by atoms with Crippen molar-refractivity contribution in [3.8, 4) is 5.69 Å². The lowest BCUT2D eigenvalue weighted by Crippen LogP contribution is -2.30. The first-order valence-electron chi connectivity index (χ1n) is 9.22. The zero-order valence-electron chi connectivity index (χ0n) is 16.1. The Balaban J connectivity index is 1.59. The smallest absolute Gasteiger partial charge is 0.238 e. The van der Waals surface area contributed by atoms with Gasteiger partial charge < -0.3 is 5.32 Å². The summed E-state index contributed by atoms with van der Waals surface area (Å²) in [6.07, 6.45) is 4.74. The fraction of sp³-hybridized carbons (Fsp3) is 0.273. The topological polar surface area (TPSA) is 50.2 Å². The van der Waals surface area contributed by atoms with Gasteiger partial charge in [0.25, 0.3) is 0 Å².